The van der Waals surface area contributed by atoms with E-state index in [-0.39, 0.29) is 11.7 Å². The van der Waals surface area contributed by atoms with Crippen molar-refractivity contribution in [2.24, 2.45) is 0 Å². The standard InChI is InChI=1S/C26H21ClFNO3/c1-3-31-24-14-25-22(23(15-32-25)17-4-8-19(28)9-5-17)13-21(24)16(2)12-26(30)29-20-10-6-18(27)7-11-20/h4-15H,3H2,1-2H3,(H,29,30)/b16-12+. The van der Waals surface area contributed by atoms with Gasteiger partial charge in [0.15, 0.2) is 0 Å². The number of ether oxygens (including phenoxy) is 1. The van der Waals surface area contributed by atoms with E-state index in [0.717, 1.165) is 27.6 Å². The second kappa shape index (κ2) is 9.28. The Bertz CT molecular complexity index is 1290. The molecule has 0 fully saturated rings. The number of rotatable bonds is 6. The third-order valence-corrected chi connectivity index (χ3v) is 5.27. The Morgan fingerprint density at radius 3 is 2.53 bits per heavy atom. The minimum atomic E-state index is -0.300. The molecule has 4 nitrogen and oxygen atoms in total. The lowest BCUT2D eigenvalue weighted by atomic mass is 9.99. The van der Waals surface area contributed by atoms with Gasteiger partial charge in [0.05, 0.1) is 12.9 Å². The molecule has 162 valence electrons. The first-order valence-corrected chi connectivity index (χ1v) is 10.5. The number of anilines is 1. The molecule has 0 atom stereocenters. The number of benzene rings is 3. The molecule has 0 radical (unpaired) electrons. The molecular formula is C26H21ClFNO3. The van der Waals surface area contributed by atoms with E-state index in [0.29, 0.717) is 28.6 Å². The Hall–Kier alpha value is -3.57. The maximum atomic E-state index is 13.4. The Kier molecular flexibility index (Phi) is 6.28. The summed E-state index contributed by atoms with van der Waals surface area (Å²) >= 11 is 5.90. The number of hydrogen-bond acceptors (Lipinski definition) is 3. The zero-order valence-corrected chi connectivity index (χ0v) is 18.4. The number of furan rings is 1. The lowest BCUT2D eigenvalue weighted by molar-refractivity contribution is -0.111. The fourth-order valence-corrected chi connectivity index (χ4v) is 3.60. The number of carbonyl (C=O) groups excluding carboxylic acids is 1. The molecule has 1 amide bonds. The maximum absolute atomic E-state index is 13.4. The zero-order valence-electron chi connectivity index (χ0n) is 17.6. The summed E-state index contributed by atoms with van der Waals surface area (Å²) in [5, 5.41) is 4.27. The first kappa shape index (κ1) is 21.7. The summed E-state index contributed by atoms with van der Waals surface area (Å²) in [4.78, 5) is 12.6. The molecule has 0 bridgehead atoms. The normalized spacial score (nSPS) is 11.6. The van der Waals surface area contributed by atoms with Crippen molar-refractivity contribution in [1.29, 1.82) is 0 Å². The van der Waals surface area contributed by atoms with Gasteiger partial charge in [-0.25, -0.2) is 4.39 Å². The van der Waals surface area contributed by atoms with Gasteiger partial charge < -0.3 is 14.5 Å². The lowest BCUT2D eigenvalue weighted by Gasteiger charge is -2.12. The van der Waals surface area contributed by atoms with E-state index >= 15 is 0 Å². The van der Waals surface area contributed by atoms with Gasteiger partial charge in [-0.05, 0) is 67.4 Å². The number of carbonyl (C=O) groups is 1. The van der Waals surface area contributed by atoms with Crippen molar-refractivity contribution in [3.8, 4) is 16.9 Å². The topological polar surface area (TPSA) is 51.5 Å². The minimum absolute atomic E-state index is 0.265. The van der Waals surface area contributed by atoms with Gasteiger partial charge in [0, 0.05) is 39.4 Å². The van der Waals surface area contributed by atoms with Gasteiger partial charge in [-0.1, -0.05) is 23.7 Å². The van der Waals surface area contributed by atoms with E-state index in [2.05, 4.69) is 5.32 Å². The van der Waals surface area contributed by atoms with E-state index in [1.807, 2.05) is 26.0 Å². The molecular weight excluding hydrogens is 429 g/mol. The second-order valence-electron chi connectivity index (χ2n) is 7.26. The highest BCUT2D eigenvalue weighted by Crippen LogP contribution is 2.37. The van der Waals surface area contributed by atoms with Crippen molar-refractivity contribution < 1.29 is 18.3 Å². The third-order valence-electron chi connectivity index (χ3n) is 5.01. The molecule has 0 saturated heterocycles. The van der Waals surface area contributed by atoms with Crippen LogP contribution in [0.15, 0.2) is 77.4 Å². The molecule has 0 aliphatic heterocycles. The van der Waals surface area contributed by atoms with Crippen LogP contribution in [0.5, 0.6) is 5.75 Å². The van der Waals surface area contributed by atoms with Crippen LogP contribution in [0.4, 0.5) is 10.1 Å². The van der Waals surface area contributed by atoms with Crippen LogP contribution < -0.4 is 10.1 Å². The predicted octanol–water partition coefficient (Wildman–Crippen LogP) is 7.33. The smallest absolute Gasteiger partial charge is 0.248 e. The predicted molar refractivity (Wildman–Crippen MR) is 127 cm³/mol. The average Bonchev–Trinajstić information content (AvgIpc) is 3.18. The van der Waals surface area contributed by atoms with Gasteiger partial charge in [0.1, 0.15) is 17.1 Å². The number of fused-ring (bicyclic) bond motifs is 1. The van der Waals surface area contributed by atoms with Crippen molar-refractivity contribution in [1.82, 2.24) is 0 Å². The fourth-order valence-electron chi connectivity index (χ4n) is 3.48. The van der Waals surface area contributed by atoms with Crippen molar-refractivity contribution in [3.05, 3.63) is 89.4 Å². The molecule has 3 aromatic carbocycles. The maximum Gasteiger partial charge on any atom is 0.248 e. The SMILES string of the molecule is CCOc1cc2occ(-c3ccc(F)cc3)c2cc1/C(C)=C/C(=O)Nc1ccc(Cl)cc1. The van der Waals surface area contributed by atoms with Gasteiger partial charge in [-0.15, -0.1) is 0 Å². The van der Waals surface area contributed by atoms with Crippen LogP contribution in [0.1, 0.15) is 19.4 Å². The largest absolute Gasteiger partial charge is 0.493 e. The molecule has 6 heteroatoms. The number of halogens is 2. The molecule has 32 heavy (non-hydrogen) atoms. The van der Waals surface area contributed by atoms with Crippen LogP contribution in [0, 0.1) is 5.82 Å². The first-order valence-electron chi connectivity index (χ1n) is 10.1. The molecule has 0 spiro atoms. The highest BCUT2D eigenvalue weighted by atomic mass is 35.5. The Morgan fingerprint density at radius 2 is 1.84 bits per heavy atom. The van der Waals surface area contributed by atoms with E-state index < -0.39 is 0 Å². The quantitative estimate of drug-likeness (QED) is 0.313. The highest BCUT2D eigenvalue weighted by molar-refractivity contribution is 6.30. The molecule has 0 saturated carbocycles. The minimum Gasteiger partial charge on any atom is -0.493 e. The average molecular weight is 450 g/mol. The van der Waals surface area contributed by atoms with Crippen LogP contribution in [0.25, 0.3) is 27.7 Å². The first-order chi connectivity index (χ1) is 15.4. The fraction of sp³-hybridized carbons (Fsp3) is 0.115. The molecule has 1 heterocycles. The van der Waals surface area contributed by atoms with Gasteiger partial charge in [-0.3, -0.25) is 4.79 Å². The van der Waals surface area contributed by atoms with E-state index in [1.165, 1.54) is 18.2 Å². The Labute approximate surface area is 190 Å². The van der Waals surface area contributed by atoms with Crippen molar-refractivity contribution in [2.45, 2.75) is 13.8 Å². The van der Waals surface area contributed by atoms with Crippen LogP contribution in [0.3, 0.4) is 0 Å². The summed E-state index contributed by atoms with van der Waals surface area (Å²) in [5.41, 5.74) is 4.47. The van der Waals surface area contributed by atoms with Crippen molar-refractivity contribution in [3.63, 3.8) is 0 Å². The summed E-state index contributed by atoms with van der Waals surface area (Å²) < 4.78 is 24.9. The summed E-state index contributed by atoms with van der Waals surface area (Å²) in [6.07, 6.45) is 3.17. The summed E-state index contributed by atoms with van der Waals surface area (Å²) in [6, 6.07) is 16.9. The van der Waals surface area contributed by atoms with Crippen molar-refractivity contribution >= 4 is 39.7 Å². The number of nitrogens with one attached hydrogen (secondary N) is 1. The van der Waals surface area contributed by atoms with Gasteiger partial charge in [-0.2, -0.15) is 0 Å². The zero-order chi connectivity index (χ0) is 22.7. The van der Waals surface area contributed by atoms with E-state index in [9.17, 15) is 9.18 Å². The molecule has 1 N–H and O–H groups in total. The molecule has 0 unspecified atom stereocenters. The molecule has 1 aromatic heterocycles. The summed E-state index contributed by atoms with van der Waals surface area (Å²) in [7, 11) is 0. The molecule has 0 aliphatic rings. The van der Waals surface area contributed by atoms with Crippen LogP contribution in [-0.4, -0.2) is 12.5 Å². The molecule has 4 aromatic rings. The Balaban J connectivity index is 1.71. The van der Waals surface area contributed by atoms with Gasteiger partial charge in [0.2, 0.25) is 5.91 Å². The second-order valence-corrected chi connectivity index (χ2v) is 7.69. The Morgan fingerprint density at radius 1 is 1.12 bits per heavy atom. The molecule has 0 aliphatic carbocycles. The van der Waals surface area contributed by atoms with Crippen LogP contribution >= 0.6 is 11.6 Å². The number of hydrogen-bond donors (Lipinski definition) is 1. The van der Waals surface area contributed by atoms with Gasteiger partial charge in [0.25, 0.3) is 0 Å². The highest BCUT2D eigenvalue weighted by Gasteiger charge is 2.15. The third kappa shape index (κ3) is 4.68. The van der Waals surface area contributed by atoms with E-state index in [1.54, 1.807) is 42.7 Å². The van der Waals surface area contributed by atoms with Gasteiger partial charge >= 0.3 is 0 Å². The summed E-state index contributed by atoms with van der Waals surface area (Å²) in [5.74, 6) is 0.0534. The number of allylic oxidation sites excluding steroid dienone is 1. The number of amides is 1. The van der Waals surface area contributed by atoms with Crippen molar-refractivity contribution in [2.75, 3.05) is 11.9 Å². The summed E-state index contributed by atoms with van der Waals surface area (Å²) in [6.45, 7) is 4.21. The van der Waals surface area contributed by atoms with Crippen LogP contribution in [0.2, 0.25) is 5.02 Å². The van der Waals surface area contributed by atoms with Crippen LogP contribution in [-0.2, 0) is 4.79 Å². The lowest BCUT2D eigenvalue weighted by Crippen LogP contribution is -2.08. The molecule has 4 rings (SSSR count). The van der Waals surface area contributed by atoms with E-state index in [4.69, 9.17) is 20.8 Å². The monoisotopic (exact) mass is 449 g/mol.